The second-order valence-electron chi connectivity index (χ2n) is 9.66. The van der Waals surface area contributed by atoms with Crippen molar-refractivity contribution in [2.24, 2.45) is 5.92 Å². The minimum absolute atomic E-state index is 0.0639. The van der Waals surface area contributed by atoms with Crippen molar-refractivity contribution in [3.8, 4) is 0 Å². The van der Waals surface area contributed by atoms with Gasteiger partial charge in [-0.2, -0.15) is 5.10 Å². The molecule has 3 heterocycles. The van der Waals surface area contributed by atoms with E-state index in [1.54, 1.807) is 0 Å². The lowest BCUT2D eigenvalue weighted by Gasteiger charge is -2.44. The molecule has 1 aromatic heterocycles. The summed E-state index contributed by atoms with van der Waals surface area (Å²) < 4.78 is 25.7. The molecule has 2 saturated heterocycles. The summed E-state index contributed by atoms with van der Waals surface area (Å²) >= 11 is 0. The zero-order valence-corrected chi connectivity index (χ0v) is 19.5. The number of fused-ring (bicyclic) bond motifs is 1. The maximum atomic E-state index is 13.1. The molecule has 1 aliphatic carbocycles. The fraction of sp³-hybridized carbons (Fsp3) is 0.818. The zero-order chi connectivity index (χ0) is 21.5. The van der Waals surface area contributed by atoms with Gasteiger partial charge < -0.3 is 4.90 Å². The van der Waals surface area contributed by atoms with Crippen LogP contribution in [0.25, 0.3) is 0 Å². The van der Waals surface area contributed by atoms with Gasteiger partial charge in [0.15, 0.2) is 9.84 Å². The summed E-state index contributed by atoms with van der Waals surface area (Å²) in [7, 11) is -0.950. The Kier molecular flexibility index (Phi) is 6.26. The Bertz CT molecular complexity index is 892. The molecule has 8 heteroatoms. The standard InChI is InChI=1S/C22H36N4O3S/c1-16-20(17(2)26(23-16)19-10-12-30(28,29)15-19)13-24(3)14-22(27)25-11-6-8-18-7-4-5-9-21(18)25/h18-19,21H,4-15H2,1-3H3/t18-,19-,21-/m1/s1. The number of likely N-dealkylation sites (N-methyl/N-ethyl adjacent to an activating group) is 1. The first-order valence-corrected chi connectivity index (χ1v) is 13.3. The van der Waals surface area contributed by atoms with Gasteiger partial charge in [-0.25, -0.2) is 8.42 Å². The van der Waals surface area contributed by atoms with Crippen LogP contribution in [0.4, 0.5) is 0 Å². The van der Waals surface area contributed by atoms with Gasteiger partial charge in [-0.05, 0) is 58.9 Å². The number of carbonyl (C=O) groups is 1. The number of nitrogens with zero attached hydrogens (tertiary/aromatic N) is 4. The number of likely N-dealkylation sites (tertiary alicyclic amines) is 1. The molecule has 1 aromatic rings. The summed E-state index contributed by atoms with van der Waals surface area (Å²) in [6.45, 7) is 5.98. The third-order valence-corrected chi connectivity index (χ3v) is 9.18. The molecule has 168 valence electrons. The van der Waals surface area contributed by atoms with Crippen molar-refractivity contribution in [3.63, 3.8) is 0 Å². The lowest BCUT2D eigenvalue weighted by Crippen LogP contribution is -2.52. The van der Waals surface area contributed by atoms with Gasteiger partial charge in [0, 0.05) is 30.4 Å². The SMILES string of the molecule is Cc1nn([C@@H]2CCS(=O)(=O)C2)c(C)c1CN(C)CC(=O)N1CCC[C@H]2CCCC[C@H]21. The fourth-order valence-corrected chi connectivity index (χ4v) is 7.52. The molecular formula is C22H36N4O3S. The number of aromatic nitrogens is 2. The molecule has 30 heavy (non-hydrogen) atoms. The summed E-state index contributed by atoms with van der Waals surface area (Å²) in [5, 5.41) is 4.66. The number of hydrogen-bond donors (Lipinski definition) is 0. The number of sulfone groups is 1. The molecule has 1 saturated carbocycles. The van der Waals surface area contributed by atoms with Crippen molar-refractivity contribution >= 4 is 15.7 Å². The van der Waals surface area contributed by atoms with E-state index in [1.165, 1.54) is 25.7 Å². The highest BCUT2D eigenvalue weighted by molar-refractivity contribution is 7.91. The molecule has 0 spiro atoms. The number of aryl methyl sites for hydroxylation is 1. The summed E-state index contributed by atoms with van der Waals surface area (Å²) in [5.41, 5.74) is 3.07. The third kappa shape index (κ3) is 4.44. The van der Waals surface area contributed by atoms with Gasteiger partial charge in [0.1, 0.15) is 0 Å². The molecule has 1 amide bonds. The number of piperidine rings is 1. The normalized spacial score (nSPS) is 28.7. The second kappa shape index (κ2) is 8.61. The van der Waals surface area contributed by atoms with Crippen LogP contribution in [-0.4, -0.2) is 71.6 Å². The van der Waals surface area contributed by atoms with E-state index < -0.39 is 9.84 Å². The van der Waals surface area contributed by atoms with E-state index in [0.717, 1.165) is 36.3 Å². The van der Waals surface area contributed by atoms with Crippen molar-refractivity contribution < 1.29 is 13.2 Å². The van der Waals surface area contributed by atoms with Crippen LogP contribution in [0, 0.1) is 19.8 Å². The van der Waals surface area contributed by atoms with Crippen LogP contribution in [0.1, 0.15) is 67.9 Å². The van der Waals surface area contributed by atoms with E-state index in [9.17, 15) is 13.2 Å². The van der Waals surface area contributed by atoms with Crippen molar-refractivity contribution in [3.05, 3.63) is 17.0 Å². The Hall–Kier alpha value is -1.41. The molecule has 7 nitrogen and oxygen atoms in total. The van der Waals surface area contributed by atoms with Gasteiger partial charge in [-0.15, -0.1) is 0 Å². The maximum Gasteiger partial charge on any atom is 0.237 e. The Morgan fingerprint density at radius 2 is 1.87 bits per heavy atom. The summed E-state index contributed by atoms with van der Waals surface area (Å²) in [6.07, 6.45) is 8.04. The molecule has 3 fully saturated rings. The topological polar surface area (TPSA) is 75.5 Å². The quantitative estimate of drug-likeness (QED) is 0.709. The number of rotatable bonds is 5. The average Bonchev–Trinajstić information content (AvgIpc) is 3.20. The molecular weight excluding hydrogens is 400 g/mol. The third-order valence-electron chi connectivity index (χ3n) is 7.43. The molecule has 0 bridgehead atoms. The molecule has 3 atom stereocenters. The Labute approximate surface area is 180 Å². The minimum Gasteiger partial charge on any atom is -0.338 e. The van der Waals surface area contributed by atoms with E-state index in [2.05, 4.69) is 14.9 Å². The monoisotopic (exact) mass is 436 g/mol. The molecule has 3 aliphatic rings. The van der Waals surface area contributed by atoms with Gasteiger partial charge in [0.2, 0.25) is 5.91 Å². The summed E-state index contributed by atoms with van der Waals surface area (Å²) in [4.78, 5) is 17.4. The van der Waals surface area contributed by atoms with E-state index >= 15 is 0 Å². The molecule has 0 aromatic carbocycles. The zero-order valence-electron chi connectivity index (χ0n) is 18.6. The molecule has 0 radical (unpaired) electrons. The number of hydrogen-bond acceptors (Lipinski definition) is 5. The predicted octanol–water partition coefficient (Wildman–Crippen LogP) is 2.47. The minimum atomic E-state index is -2.95. The van der Waals surface area contributed by atoms with E-state index in [1.807, 2.05) is 25.6 Å². The Balaban J connectivity index is 1.40. The van der Waals surface area contributed by atoms with Gasteiger partial charge in [-0.1, -0.05) is 12.8 Å². The van der Waals surface area contributed by atoms with E-state index in [4.69, 9.17) is 0 Å². The molecule has 2 aliphatic heterocycles. The highest BCUT2D eigenvalue weighted by Gasteiger charge is 2.36. The van der Waals surface area contributed by atoms with Crippen LogP contribution < -0.4 is 0 Å². The van der Waals surface area contributed by atoms with Gasteiger partial charge in [0.05, 0.1) is 29.8 Å². The smallest absolute Gasteiger partial charge is 0.237 e. The fourth-order valence-electron chi connectivity index (χ4n) is 5.83. The lowest BCUT2D eigenvalue weighted by molar-refractivity contribution is -0.138. The average molecular weight is 437 g/mol. The first-order chi connectivity index (χ1) is 14.2. The molecule has 4 rings (SSSR count). The Morgan fingerprint density at radius 1 is 1.13 bits per heavy atom. The van der Waals surface area contributed by atoms with Gasteiger partial charge in [-0.3, -0.25) is 14.4 Å². The van der Waals surface area contributed by atoms with E-state index in [0.29, 0.717) is 31.5 Å². The van der Waals surface area contributed by atoms with Crippen LogP contribution in [0.2, 0.25) is 0 Å². The van der Waals surface area contributed by atoms with Crippen molar-refractivity contribution in [2.45, 2.75) is 77.4 Å². The van der Waals surface area contributed by atoms with E-state index in [-0.39, 0.29) is 23.5 Å². The Morgan fingerprint density at radius 3 is 2.60 bits per heavy atom. The predicted molar refractivity (Wildman–Crippen MR) is 117 cm³/mol. The highest BCUT2D eigenvalue weighted by Crippen LogP contribution is 2.35. The first kappa shape index (κ1) is 21.8. The molecule has 0 unspecified atom stereocenters. The van der Waals surface area contributed by atoms with Gasteiger partial charge >= 0.3 is 0 Å². The summed E-state index contributed by atoms with van der Waals surface area (Å²) in [6, 6.07) is 0.384. The van der Waals surface area contributed by atoms with Crippen molar-refractivity contribution in [2.75, 3.05) is 31.6 Å². The number of carbonyl (C=O) groups excluding carboxylic acids is 1. The summed E-state index contributed by atoms with van der Waals surface area (Å²) in [5.74, 6) is 1.38. The highest BCUT2D eigenvalue weighted by atomic mass is 32.2. The van der Waals surface area contributed by atoms with Crippen LogP contribution in [0.5, 0.6) is 0 Å². The largest absolute Gasteiger partial charge is 0.338 e. The maximum absolute atomic E-state index is 13.1. The first-order valence-electron chi connectivity index (χ1n) is 11.5. The molecule has 0 N–H and O–H groups in total. The van der Waals surface area contributed by atoms with Gasteiger partial charge in [0.25, 0.3) is 0 Å². The van der Waals surface area contributed by atoms with Crippen LogP contribution in [0.15, 0.2) is 0 Å². The van der Waals surface area contributed by atoms with Crippen LogP contribution in [0.3, 0.4) is 0 Å². The lowest BCUT2D eigenvalue weighted by atomic mass is 9.78. The van der Waals surface area contributed by atoms with Crippen LogP contribution >= 0.6 is 0 Å². The number of amides is 1. The second-order valence-corrected chi connectivity index (χ2v) is 11.9. The van der Waals surface area contributed by atoms with Crippen LogP contribution in [-0.2, 0) is 21.2 Å². The van der Waals surface area contributed by atoms with Crippen molar-refractivity contribution in [1.82, 2.24) is 19.6 Å². The van der Waals surface area contributed by atoms with Crippen molar-refractivity contribution in [1.29, 1.82) is 0 Å².